The summed E-state index contributed by atoms with van der Waals surface area (Å²) in [4.78, 5) is 13.9. The summed E-state index contributed by atoms with van der Waals surface area (Å²) in [5.74, 6) is 1.51. The van der Waals surface area contributed by atoms with Crippen molar-refractivity contribution >= 4 is 24.4 Å². The van der Waals surface area contributed by atoms with Crippen molar-refractivity contribution in [3.05, 3.63) is 42.4 Å². The summed E-state index contributed by atoms with van der Waals surface area (Å²) >= 11 is 0. The molecule has 34 heavy (non-hydrogen) atoms. The van der Waals surface area contributed by atoms with E-state index in [1.807, 2.05) is 30.5 Å². The van der Waals surface area contributed by atoms with E-state index < -0.39 is 7.60 Å². The summed E-state index contributed by atoms with van der Waals surface area (Å²) < 4.78 is 23.5. The molecule has 3 heterocycles. The number of aromatic amines is 1. The van der Waals surface area contributed by atoms with Gasteiger partial charge in [-0.15, -0.1) is 0 Å². The lowest BCUT2D eigenvalue weighted by molar-refractivity contribution is 0.121. The van der Waals surface area contributed by atoms with E-state index in [9.17, 15) is 4.57 Å². The van der Waals surface area contributed by atoms with Crippen LogP contribution in [0.2, 0.25) is 0 Å². The normalized spacial score (nSPS) is 16.5. The first-order valence-corrected chi connectivity index (χ1v) is 14.0. The van der Waals surface area contributed by atoms with Crippen LogP contribution in [0.25, 0.3) is 22.2 Å². The van der Waals surface area contributed by atoms with Crippen LogP contribution in [-0.2, 0) is 19.8 Å². The fourth-order valence-electron chi connectivity index (χ4n) is 4.40. The SMILES string of the molecule is C1CC(CN2CCC2)C1.CCOP(=O)(Cc1cccc(-c2c[nH]c3ncnc(N)c23)c1)OCC. The number of nitrogens with two attached hydrogens (primary N) is 1. The zero-order valence-electron chi connectivity index (χ0n) is 20.2. The second-order valence-electron chi connectivity index (χ2n) is 8.94. The number of fused-ring (bicyclic) bond motifs is 1. The number of rotatable bonds is 9. The van der Waals surface area contributed by atoms with Crippen molar-refractivity contribution in [1.29, 1.82) is 0 Å². The van der Waals surface area contributed by atoms with Crippen molar-refractivity contribution in [2.24, 2.45) is 5.92 Å². The van der Waals surface area contributed by atoms with Gasteiger partial charge in [-0.25, -0.2) is 9.97 Å². The maximum atomic E-state index is 12.8. The van der Waals surface area contributed by atoms with Gasteiger partial charge < -0.3 is 24.7 Å². The molecule has 2 fully saturated rings. The van der Waals surface area contributed by atoms with Gasteiger partial charge in [0.15, 0.2) is 0 Å². The molecule has 1 aliphatic heterocycles. The first kappa shape index (κ1) is 24.9. The van der Waals surface area contributed by atoms with Gasteiger partial charge in [-0.2, -0.15) is 0 Å². The van der Waals surface area contributed by atoms with E-state index in [1.165, 1.54) is 51.6 Å². The summed E-state index contributed by atoms with van der Waals surface area (Å²) in [5.41, 5.74) is 9.39. The van der Waals surface area contributed by atoms with Crippen molar-refractivity contribution in [1.82, 2.24) is 19.9 Å². The lowest BCUT2D eigenvalue weighted by Crippen LogP contribution is -2.41. The van der Waals surface area contributed by atoms with Gasteiger partial charge in [0.05, 0.1) is 24.8 Å². The van der Waals surface area contributed by atoms with Crippen LogP contribution < -0.4 is 5.73 Å². The van der Waals surface area contributed by atoms with Gasteiger partial charge in [-0.3, -0.25) is 4.57 Å². The van der Waals surface area contributed by atoms with Crippen LogP contribution in [0, 0.1) is 5.92 Å². The van der Waals surface area contributed by atoms with Gasteiger partial charge in [0.2, 0.25) is 0 Å². The van der Waals surface area contributed by atoms with E-state index in [2.05, 4.69) is 19.9 Å². The van der Waals surface area contributed by atoms with Crippen molar-refractivity contribution in [3.63, 3.8) is 0 Å². The fraction of sp³-hybridized carbons (Fsp3) is 0.520. The van der Waals surface area contributed by atoms with E-state index >= 15 is 0 Å². The average molecular weight is 486 g/mol. The van der Waals surface area contributed by atoms with E-state index in [-0.39, 0.29) is 6.16 Å². The molecule has 1 aromatic carbocycles. The second kappa shape index (κ2) is 11.5. The molecule has 3 N–H and O–H groups in total. The number of hydrogen-bond donors (Lipinski definition) is 2. The third-order valence-electron chi connectivity index (χ3n) is 6.45. The van der Waals surface area contributed by atoms with Gasteiger partial charge in [0, 0.05) is 18.3 Å². The molecule has 0 unspecified atom stereocenters. The number of nitrogen functional groups attached to an aromatic ring is 1. The van der Waals surface area contributed by atoms with E-state index in [1.54, 1.807) is 13.8 Å². The van der Waals surface area contributed by atoms with E-state index in [0.29, 0.717) is 24.7 Å². The molecule has 9 heteroatoms. The molecule has 1 saturated carbocycles. The maximum Gasteiger partial charge on any atom is 0.335 e. The quantitative estimate of drug-likeness (QED) is 0.387. The maximum absolute atomic E-state index is 12.8. The van der Waals surface area contributed by atoms with Crippen molar-refractivity contribution in [2.75, 3.05) is 38.6 Å². The Morgan fingerprint density at radius 2 is 1.91 bits per heavy atom. The third kappa shape index (κ3) is 6.05. The van der Waals surface area contributed by atoms with E-state index in [4.69, 9.17) is 14.8 Å². The average Bonchev–Trinajstić information content (AvgIpc) is 3.18. The molecule has 0 atom stereocenters. The van der Waals surface area contributed by atoms with Gasteiger partial charge in [-0.1, -0.05) is 30.7 Å². The highest BCUT2D eigenvalue weighted by Crippen LogP contribution is 2.51. The van der Waals surface area contributed by atoms with Crippen molar-refractivity contribution in [3.8, 4) is 11.1 Å². The van der Waals surface area contributed by atoms with Gasteiger partial charge in [-0.05, 0) is 63.2 Å². The second-order valence-corrected chi connectivity index (χ2v) is 11.0. The molecule has 0 amide bonds. The Hall–Kier alpha value is -2.25. The van der Waals surface area contributed by atoms with Gasteiger partial charge in [0.1, 0.15) is 17.8 Å². The number of anilines is 1. The van der Waals surface area contributed by atoms with Crippen LogP contribution in [0.3, 0.4) is 0 Å². The van der Waals surface area contributed by atoms with Crippen molar-refractivity contribution < 1.29 is 13.6 Å². The molecule has 0 spiro atoms. The molecule has 8 nitrogen and oxygen atoms in total. The lowest BCUT2D eigenvalue weighted by atomic mass is 9.84. The minimum absolute atomic E-state index is 0.219. The summed E-state index contributed by atoms with van der Waals surface area (Å²) in [5, 5.41) is 0.775. The number of H-pyrrole nitrogens is 1. The highest BCUT2D eigenvalue weighted by molar-refractivity contribution is 7.53. The Kier molecular flexibility index (Phi) is 8.37. The number of aromatic nitrogens is 3. The Balaban J connectivity index is 0.000000252. The number of benzene rings is 1. The van der Waals surface area contributed by atoms with E-state index in [0.717, 1.165) is 28.0 Å². The summed E-state index contributed by atoms with van der Waals surface area (Å²) in [7, 11) is -3.15. The number of likely N-dealkylation sites (tertiary alicyclic amines) is 1. The van der Waals surface area contributed by atoms with Crippen LogP contribution in [0.5, 0.6) is 0 Å². The minimum atomic E-state index is -3.15. The first-order chi connectivity index (χ1) is 16.5. The highest BCUT2D eigenvalue weighted by Gasteiger charge is 2.25. The molecule has 3 aromatic rings. The zero-order valence-corrected chi connectivity index (χ0v) is 21.1. The molecular formula is C25H36N5O3P. The Bertz CT molecular complexity index is 1100. The molecule has 1 aliphatic carbocycles. The lowest BCUT2D eigenvalue weighted by Gasteiger charge is -2.37. The van der Waals surface area contributed by atoms with Crippen LogP contribution in [0.1, 0.15) is 45.1 Å². The Morgan fingerprint density at radius 3 is 2.53 bits per heavy atom. The smallest absolute Gasteiger partial charge is 0.335 e. The molecule has 2 aliphatic rings. The molecule has 0 bridgehead atoms. The third-order valence-corrected chi connectivity index (χ3v) is 8.51. The monoisotopic (exact) mass is 485 g/mol. The molecular weight excluding hydrogens is 449 g/mol. The summed E-state index contributed by atoms with van der Waals surface area (Å²) in [6, 6.07) is 7.74. The molecule has 5 rings (SSSR count). The number of nitrogens with one attached hydrogen (secondary N) is 1. The molecule has 184 valence electrons. The predicted molar refractivity (Wildman–Crippen MR) is 137 cm³/mol. The fourth-order valence-corrected chi connectivity index (χ4v) is 6.09. The zero-order chi connectivity index (χ0) is 24.0. The standard InChI is InChI=1S/C17H21N4O3P.C8H15N/c1-3-23-25(22,24-4-2)10-12-6-5-7-13(8-12)14-9-19-17-15(14)16(18)20-11-21-17;1-3-8(4-1)7-9-5-2-6-9/h5-9,11H,3-4,10H2,1-2H3,(H3,18,19,20,21);8H,1-7H2. The topological polar surface area (TPSA) is 106 Å². The van der Waals surface area contributed by atoms with Crippen molar-refractivity contribution in [2.45, 2.75) is 45.7 Å². The van der Waals surface area contributed by atoms with Crippen LogP contribution >= 0.6 is 7.60 Å². The molecule has 1 saturated heterocycles. The summed E-state index contributed by atoms with van der Waals surface area (Å²) in [6.45, 7) is 8.47. The van der Waals surface area contributed by atoms with Gasteiger partial charge >= 0.3 is 7.60 Å². The number of hydrogen-bond acceptors (Lipinski definition) is 7. The Labute approximate surface area is 201 Å². The van der Waals surface area contributed by atoms with Crippen LogP contribution in [-0.4, -0.2) is 52.7 Å². The van der Waals surface area contributed by atoms with Crippen LogP contribution in [0.4, 0.5) is 5.82 Å². The highest BCUT2D eigenvalue weighted by atomic mass is 31.2. The molecule has 0 radical (unpaired) electrons. The minimum Gasteiger partial charge on any atom is -0.383 e. The predicted octanol–water partition coefficient (Wildman–Crippen LogP) is 5.47. The molecule has 2 aromatic heterocycles. The van der Waals surface area contributed by atoms with Crippen LogP contribution in [0.15, 0.2) is 36.8 Å². The Morgan fingerprint density at radius 1 is 1.15 bits per heavy atom. The van der Waals surface area contributed by atoms with Gasteiger partial charge in [0.25, 0.3) is 0 Å². The summed E-state index contributed by atoms with van der Waals surface area (Å²) in [6.07, 6.45) is 9.46. The first-order valence-electron chi connectivity index (χ1n) is 12.3. The largest absolute Gasteiger partial charge is 0.383 e. The number of nitrogens with zero attached hydrogens (tertiary/aromatic N) is 3.